The fourth-order valence-corrected chi connectivity index (χ4v) is 3.23. The maximum atomic E-state index is 13.4. The largest absolute Gasteiger partial charge is 0.204 e. The van der Waals surface area contributed by atoms with Crippen molar-refractivity contribution in [1.82, 2.24) is 0 Å². The van der Waals surface area contributed by atoms with Crippen molar-refractivity contribution in [2.45, 2.75) is 51.3 Å². The molecule has 0 radical (unpaired) electrons. The van der Waals surface area contributed by atoms with Crippen molar-refractivity contribution in [2.75, 3.05) is 0 Å². The Hall–Kier alpha value is -1.70. The molecule has 0 saturated heterocycles. The zero-order valence-corrected chi connectivity index (χ0v) is 13.4. The molecule has 0 bridgehead atoms. The first-order valence-corrected chi connectivity index (χ1v) is 8.29. The lowest BCUT2D eigenvalue weighted by atomic mass is 9.77. The minimum Gasteiger partial charge on any atom is -0.204 e. The average Bonchev–Trinajstić information content (AvgIpc) is 2.57. The van der Waals surface area contributed by atoms with E-state index in [2.05, 4.69) is 6.92 Å². The van der Waals surface area contributed by atoms with Crippen molar-refractivity contribution < 1.29 is 12.9 Å². The van der Waals surface area contributed by atoms with Crippen LogP contribution >= 0.6 is 0 Å². The van der Waals surface area contributed by atoms with Gasteiger partial charge in [0.05, 0.1) is 0 Å². The molecule has 2 aromatic rings. The highest BCUT2D eigenvalue weighted by Crippen LogP contribution is 2.38. The van der Waals surface area contributed by atoms with Crippen LogP contribution in [0.15, 0.2) is 42.5 Å². The summed E-state index contributed by atoms with van der Waals surface area (Å²) < 4.78 is 52.0. The highest BCUT2D eigenvalue weighted by Gasteiger charge is 2.21. The number of hydrogen-bond donors (Lipinski definition) is 0. The van der Waals surface area contributed by atoms with Gasteiger partial charge < -0.3 is 0 Å². The molecule has 0 aliphatic heterocycles. The fraction of sp³-hybridized carbons (Fsp3) is 0.429. The zero-order valence-electron chi connectivity index (χ0n) is 16.4. The Morgan fingerprint density at radius 2 is 1.74 bits per heavy atom. The molecule has 1 fully saturated rings. The van der Waals surface area contributed by atoms with Crippen LogP contribution in [0.2, 0.25) is 0 Å². The SMILES string of the molecule is [2H]C1CC(CCC)CC([2H])([2H])C1c1ccc(-c2ccc(F)c(F)c2)cc1. The van der Waals surface area contributed by atoms with E-state index in [9.17, 15) is 8.78 Å². The molecule has 0 amide bonds. The van der Waals surface area contributed by atoms with E-state index in [1.807, 2.05) is 12.1 Å². The summed E-state index contributed by atoms with van der Waals surface area (Å²) in [6.45, 7) is 2.09. The second-order valence-corrected chi connectivity index (χ2v) is 6.26. The van der Waals surface area contributed by atoms with E-state index in [-0.39, 0.29) is 5.92 Å². The molecule has 1 aliphatic carbocycles. The standard InChI is InChI=1S/C21H24F2/c1-2-3-15-4-6-16(7-5-15)17-8-10-18(11-9-17)19-12-13-20(22)21(23)14-19/h8-16H,2-7H2,1H3/i6D,7D2. The summed E-state index contributed by atoms with van der Waals surface area (Å²) in [7, 11) is 0. The second-order valence-electron chi connectivity index (χ2n) is 6.26. The lowest BCUT2D eigenvalue weighted by molar-refractivity contribution is 0.308. The molecule has 1 saturated carbocycles. The van der Waals surface area contributed by atoms with Crippen LogP contribution < -0.4 is 0 Å². The Morgan fingerprint density at radius 1 is 1.00 bits per heavy atom. The highest BCUT2D eigenvalue weighted by atomic mass is 19.2. The van der Waals surface area contributed by atoms with E-state index in [0.717, 1.165) is 42.5 Å². The summed E-state index contributed by atoms with van der Waals surface area (Å²) in [5.74, 6) is -1.95. The molecule has 3 rings (SSSR count). The van der Waals surface area contributed by atoms with Gasteiger partial charge in [0.1, 0.15) is 0 Å². The van der Waals surface area contributed by atoms with Crippen LogP contribution in [0.4, 0.5) is 8.78 Å². The number of halogens is 2. The van der Waals surface area contributed by atoms with E-state index in [1.165, 1.54) is 6.07 Å². The predicted octanol–water partition coefficient (Wildman–Crippen LogP) is 6.71. The van der Waals surface area contributed by atoms with Gasteiger partial charge in [-0.15, -0.1) is 0 Å². The molecule has 3 atom stereocenters. The van der Waals surface area contributed by atoms with Gasteiger partial charge in [0.25, 0.3) is 0 Å². The molecule has 0 heterocycles. The Bertz CT molecular complexity index is 758. The van der Waals surface area contributed by atoms with Crippen molar-refractivity contribution in [1.29, 1.82) is 0 Å². The van der Waals surface area contributed by atoms with Crippen LogP contribution in [0.25, 0.3) is 11.1 Å². The van der Waals surface area contributed by atoms with Crippen molar-refractivity contribution in [3.8, 4) is 11.1 Å². The third kappa shape index (κ3) is 3.80. The van der Waals surface area contributed by atoms with Gasteiger partial charge in [-0.1, -0.05) is 50.1 Å². The maximum absolute atomic E-state index is 13.4. The van der Waals surface area contributed by atoms with Gasteiger partial charge in [-0.2, -0.15) is 0 Å². The second kappa shape index (κ2) is 7.25. The normalized spacial score (nSPS) is 28.7. The summed E-state index contributed by atoms with van der Waals surface area (Å²) in [4.78, 5) is 0. The van der Waals surface area contributed by atoms with Gasteiger partial charge in [-0.05, 0) is 66.3 Å². The smallest absolute Gasteiger partial charge is 0.159 e. The monoisotopic (exact) mass is 317 g/mol. The van der Waals surface area contributed by atoms with Crippen LogP contribution in [0.1, 0.15) is 61.0 Å². The van der Waals surface area contributed by atoms with Gasteiger partial charge in [-0.25, -0.2) is 8.78 Å². The summed E-state index contributed by atoms with van der Waals surface area (Å²) in [6, 6.07) is 11.0. The Morgan fingerprint density at radius 3 is 2.39 bits per heavy atom. The van der Waals surface area contributed by atoms with Gasteiger partial charge >= 0.3 is 0 Å². The molecule has 1 aliphatic rings. The molecule has 0 nitrogen and oxygen atoms in total. The van der Waals surface area contributed by atoms with E-state index in [1.54, 1.807) is 12.1 Å². The lowest BCUT2D eigenvalue weighted by Gasteiger charge is -2.28. The average molecular weight is 317 g/mol. The molecule has 0 aromatic heterocycles. The molecular formula is C21H24F2. The third-order valence-corrected chi connectivity index (χ3v) is 4.55. The maximum Gasteiger partial charge on any atom is 0.159 e. The Labute approximate surface area is 141 Å². The summed E-state index contributed by atoms with van der Waals surface area (Å²) in [6.07, 6.45) is 1.32. The molecular weight excluding hydrogens is 290 g/mol. The first-order valence-electron chi connectivity index (χ1n) is 9.87. The first kappa shape index (κ1) is 12.7. The molecule has 0 N–H and O–H groups in total. The van der Waals surface area contributed by atoms with E-state index in [4.69, 9.17) is 4.11 Å². The van der Waals surface area contributed by atoms with Crippen LogP contribution in [0, 0.1) is 17.6 Å². The highest BCUT2D eigenvalue weighted by molar-refractivity contribution is 5.63. The van der Waals surface area contributed by atoms with Crippen molar-refractivity contribution in [2.24, 2.45) is 5.92 Å². The van der Waals surface area contributed by atoms with Gasteiger partial charge in [0.2, 0.25) is 0 Å². The Balaban J connectivity index is 1.84. The van der Waals surface area contributed by atoms with Gasteiger partial charge in [-0.3, -0.25) is 0 Å². The summed E-state index contributed by atoms with van der Waals surface area (Å²) >= 11 is 0. The minimum atomic E-state index is -1.41. The number of hydrogen-bond acceptors (Lipinski definition) is 0. The van der Waals surface area contributed by atoms with Crippen LogP contribution in [-0.2, 0) is 0 Å². The van der Waals surface area contributed by atoms with E-state index < -0.39 is 30.3 Å². The topological polar surface area (TPSA) is 0 Å². The zero-order chi connectivity index (χ0) is 18.9. The molecule has 2 aromatic carbocycles. The lowest BCUT2D eigenvalue weighted by Crippen LogP contribution is -2.13. The number of benzene rings is 2. The minimum absolute atomic E-state index is 0.273. The van der Waals surface area contributed by atoms with E-state index in [0.29, 0.717) is 12.0 Å². The summed E-state index contributed by atoms with van der Waals surface area (Å²) in [5, 5.41) is 0. The van der Waals surface area contributed by atoms with Gasteiger partial charge in [0.15, 0.2) is 11.6 Å². The summed E-state index contributed by atoms with van der Waals surface area (Å²) in [5.41, 5.74) is 2.12. The third-order valence-electron chi connectivity index (χ3n) is 4.55. The predicted molar refractivity (Wildman–Crippen MR) is 91.4 cm³/mol. The van der Waals surface area contributed by atoms with E-state index >= 15 is 0 Å². The van der Waals surface area contributed by atoms with Crippen molar-refractivity contribution in [3.05, 3.63) is 59.7 Å². The quantitative estimate of drug-likeness (QED) is 0.588. The molecule has 122 valence electrons. The molecule has 23 heavy (non-hydrogen) atoms. The van der Waals surface area contributed by atoms with Crippen LogP contribution in [0.3, 0.4) is 0 Å². The van der Waals surface area contributed by atoms with Crippen molar-refractivity contribution in [3.63, 3.8) is 0 Å². The number of rotatable bonds is 4. The fourth-order valence-electron chi connectivity index (χ4n) is 3.23. The van der Waals surface area contributed by atoms with Crippen molar-refractivity contribution >= 4 is 0 Å². The molecule has 0 spiro atoms. The van der Waals surface area contributed by atoms with Crippen LogP contribution in [-0.4, -0.2) is 0 Å². The van der Waals surface area contributed by atoms with Gasteiger partial charge in [0, 0.05) is 4.11 Å². The van der Waals surface area contributed by atoms with Crippen LogP contribution in [0.5, 0.6) is 0 Å². The molecule has 3 unspecified atom stereocenters. The Kier molecular flexibility index (Phi) is 4.00. The molecule has 2 heteroatoms. The first-order chi connectivity index (χ1) is 12.3.